The summed E-state index contributed by atoms with van der Waals surface area (Å²) in [6.07, 6.45) is 2.15. The molecule has 0 unspecified atom stereocenters. The molecule has 2 aromatic carbocycles. The normalized spacial score (nSPS) is 11.7. The molecule has 9 heteroatoms. The number of rotatable bonds is 11. The smallest absolute Gasteiger partial charge is 0.267 e. The van der Waals surface area contributed by atoms with Crippen molar-refractivity contribution in [2.45, 2.75) is 25.8 Å². The molecule has 2 aromatic rings. The second-order valence-corrected chi connectivity index (χ2v) is 7.53. The van der Waals surface area contributed by atoms with Gasteiger partial charge in [-0.15, -0.1) is 0 Å². The molecule has 0 aromatic heterocycles. The molecule has 0 saturated heterocycles. The van der Waals surface area contributed by atoms with Gasteiger partial charge in [0, 0.05) is 17.8 Å². The summed E-state index contributed by atoms with van der Waals surface area (Å²) in [5, 5.41) is 14.0. The van der Waals surface area contributed by atoms with Crippen LogP contribution in [0.2, 0.25) is 0 Å². The Morgan fingerprint density at radius 3 is 2.16 bits per heavy atom. The molecular formula is C23H31N5O4. The number of nitrogens with one attached hydrogen (secondary N) is 3. The monoisotopic (exact) mass is 441 g/mol. The van der Waals surface area contributed by atoms with Crippen LogP contribution in [0.3, 0.4) is 0 Å². The highest BCUT2D eigenvalue weighted by Gasteiger charge is 2.19. The van der Waals surface area contributed by atoms with Gasteiger partial charge in [0.15, 0.2) is 0 Å². The molecule has 9 nitrogen and oxygen atoms in total. The first-order chi connectivity index (χ1) is 15.4. The van der Waals surface area contributed by atoms with Crippen molar-refractivity contribution < 1.29 is 19.6 Å². The van der Waals surface area contributed by atoms with Crippen LogP contribution < -0.4 is 21.8 Å². The molecule has 0 spiro atoms. The number of hydrogen-bond donors (Lipinski definition) is 5. The van der Waals surface area contributed by atoms with Crippen LogP contribution in [0.5, 0.6) is 0 Å². The van der Waals surface area contributed by atoms with E-state index in [2.05, 4.69) is 17.6 Å². The van der Waals surface area contributed by atoms with Crippen LogP contribution in [0, 0.1) is 0 Å². The maximum absolute atomic E-state index is 12.3. The first-order valence-electron chi connectivity index (χ1n) is 10.5. The van der Waals surface area contributed by atoms with Gasteiger partial charge in [0.25, 0.3) is 11.8 Å². The van der Waals surface area contributed by atoms with Crippen LogP contribution in [0.15, 0.2) is 48.5 Å². The molecule has 172 valence electrons. The number of nitrogens with zero attached hydrogens (tertiary/aromatic N) is 1. The lowest BCUT2D eigenvalue weighted by molar-refractivity contribution is -0.130. The number of anilines is 1. The minimum absolute atomic E-state index is 0.0580. The van der Waals surface area contributed by atoms with E-state index in [9.17, 15) is 14.4 Å². The molecule has 0 aliphatic carbocycles. The highest BCUT2D eigenvalue weighted by molar-refractivity contribution is 5.98. The Morgan fingerprint density at radius 1 is 1.03 bits per heavy atom. The second kappa shape index (κ2) is 12.6. The van der Waals surface area contributed by atoms with E-state index in [1.165, 1.54) is 5.48 Å². The van der Waals surface area contributed by atoms with Gasteiger partial charge in [0.1, 0.15) is 6.04 Å². The van der Waals surface area contributed by atoms with E-state index in [-0.39, 0.29) is 12.5 Å². The Labute approximate surface area is 187 Å². The molecule has 32 heavy (non-hydrogen) atoms. The van der Waals surface area contributed by atoms with Crippen molar-refractivity contribution in [1.29, 1.82) is 0 Å². The van der Waals surface area contributed by atoms with Crippen molar-refractivity contribution in [1.82, 2.24) is 15.7 Å². The Balaban J connectivity index is 1.96. The largest absolute Gasteiger partial charge is 0.339 e. The van der Waals surface area contributed by atoms with E-state index in [0.29, 0.717) is 17.8 Å². The third kappa shape index (κ3) is 7.45. The maximum Gasteiger partial charge on any atom is 0.267 e. The Bertz CT molecular complexity index is 900. The van der Waals surface area contributed by atoms with Crippen LogP contribution in [0.25, 0.3) is 11.1 Å². The number of carbonyl (C=O) groups is 3. The SMILES string of the molecule is CCCCN(C)CC(=O)Nc1ccc(-c2ccc(C(=O)N[C@@H](CN)C(=O)NO)cc2)cc1. The summed E-state index contributed by atoms with van der Waals surface area (Å²) >= 11 is 0. The number of hydrogen-bond acceptors (Lipinski definition) is 6. The predicted molar refractivity (Wildman–Crippen MR) is 123 cm³/mol. The summed E-state index contributed by atoms with van der Waals surface area (Å²) in [5.74, 6) is -1.31. The van der Waals surface area contributed by atoms with Crippen molar-refractivity contribution in [2.24, 2.45) is 5.73 Å². The van der Waals surface area contributed by atoms with Crippen LogP contribution in [-0.4, -0.2) is 60.6 Å². The lowest BCUT2D eigenvalue weighted by atomic mass is 10.0. The molecule has 0 radical (unpaired) electrons. The maximum atomic E-state index is 12.3. The minimum Gasteiger partial charge on any atom is -0.339 e. The van der Waals surface area contributed by atoms with Gasteiger partial charge >= 0.3 is 0 Å². The van der Waals surface area contributed by atoms with Crippen LogP contribution in [0.4, 0.5) is 5.69 Å². The van der Waals surface area contributed by atoms with Gasteiger partial charge in [-0.3, -0.25) is 24.5 Å². The van der Waals surface area contributed by atoms with Crippen molar-refractivity contribution in [3.8, 4) is 11.1 Å². The summed E-state index contributed by atoms with van der Waals surface area (Å²) in [7, 11) is 1.93. The molecule has 0 saturated carbocycles. The van der Waals surface area contributed by atoms with E-state index in [0.717, 1.165) is 30.5 Å². The molecule has 0 aliphatic rings. The summed E-state index contributed by atoms with van der Waals surface area (Å²) in [5.41, 5.74) is 9.81. The first-order valence-corrected chi connectivity index (χ1v) is 10.5. The fourth-order valence-corrected chi connectivity index (χ4v) is 3.06. The number of hydroxylamine groups is 1. The lowest BCUT2D eigenvalue weighted by Crippen LogP contribution is -2.50. The van der Waals surface area contributed by atoms with E-state index in [4.69, 9.17) is 10.9 Å². The zero-order valence-electron chi connectivity index (χ0n) is 18.4. The standard InChI is InChI=1S/C23H31N5O4/c1-3-4-13-28(2)15-21(29)25-19-11-9-17(10-12-19)16-5-7-18(8-6-16)22(30)26-20(14-24)23(31)27-32/h5-12,20,32H,3-4,13-15,24H2,1-2H3,(H,25,29)(H,26,30)(H,27,31)/t20-/m0/s1. The number of amides is 3. The van der Waals surface area contributed by atoms with Crippen molar-refractivity contribution in [3.63, 3.8) is 0 Å². The Morgan fingerprint density at radius 2 is 1.62 bits per heavy atom. The van der Waals surface area contributed by atoms with E-state index >= 15 is 0 Å². The van der Waals surface area contributed by atoms with Gasteiger partial charge in [0.05, 0.1) is 6.54 Å². The number of benzene rings is 2. The number of unbranched alkanes of at least 4 members (excludes halogenated alkanes) is 1. The average molecular weight is 442 g/mol. The molecule has 2 rings (SSSR count). The molecule has 0 fully saturated rings. The van der Waals surface area contributed by atoms with Crippen molar-refractivity contribution in [2.75, 3.05) is 32.0 Å². The molecular weight excluding hydrogens is 410 g/mol. The Hall–Kier alpha value is -3.27. The second-order valence-electron chi connectivity index (χ2n) is 7.53. The van der Waals surface area contributed by atoms with Gasteiger partial charge in [-0.25, -0.2) is 5.48 Å². The van der Waals surface area contributed by atoms with Crippen LogP contribution >= 0.6 is 0 Å². The summed E-state index contributed by atoms with van der Waals surface area (Å²) in [4.78, 5) is 37.9. The van der Waals surface area contributed by atoms with E-state index in [1.54, 1.807) is 24.3 Å². The lowest BCUT2D eigenvalue weighted by Gasteiger charge is -2.16. The molecule has 3 amide bonds. The number of carbonyl (C=O) groups excluding carboxylic acids is 3. The fourth-order valence-electron chi connectivity index (χ4n) is 3.06. The topological polar surface area (TPSA) is 137 Å². The third-order valence-corrected chi connectivity index (χ3v) is 4.92. The highest BCUT2D eigenvalue weighted by atomic mass is 16.5. The molecule has 0 aliphatic heterocycles. The first kappa shape index (κ1) is 25.0. The molecule has 6 N–H and O–H groups in total. The van der Waals surface area contributed by atoms with Crippen molar-refractivity contribution in [3.05, 3.63) is 54.1 Å². The van der Waals surface area contributed by atoms with Crippen LogP contribution in [-0.2, 0) is 9.59 Å². The Kier molecular flexibility index (Phi) is 9.80. The number of likely N-dealkylation sites (N-methyl/N-ethyl adjacent to an activating group) is 1. The third-order valence-electron chi connectivity index (χ3n) is 4.92. The quantitative estimate of drug-likeness (QED) is 0.265. The zero-order valence-corrected chi connectivity index (χ0v) is 18.4. The molecule has 0 bridgehead atoms. The average Bonchev–Trinajstić information content (AvgIpc) is 2.81. The van der Waals surface area contributed by atoms with Gasteiger partial charge in [-0.05, 0) is 55.4 Å². The van der Waals surface area contributed by atoms with Gasteiger partial charge in [0.2, 0.25) is 5.91 Å². The van der Waals surface area contributed by atoms with E-state index < -0.39 is 17.9 Å². The van der Waals surface area contributed by atoms with Gasteiger partial charge in [-0.1, -0.05) is 37.6 Å². The summed E-state index contributed by atoms with van der Waals surface area (Å²) in [6.45, 7) is 3.21. The summed E-state index contributed by atoms with van der Waals surface area (Å²) < 4.78 is 0. The number of nitrogens with two attached hydrogens (primary N) is 1. The van der Waals surface area contributed by atoms with Gasteiger partial charge in [-0.2, -0.15) is 0 Å². The zero-order chi connectivity index (χ0) is 23.5. The van der Waals surface area contributed by atoms with Crippen LogP contribution in [0.1, 0.15) is 30.1 Å². The predicted octanol–water partition coefficient (Wildman–Crippen LogP) is 1.59. The van der Waals surface area contributed by atoms with E-state index in [1.807, 2.05) is 36.2 Å². The van der Waals surface area contributed by atoms with Crippen molar-refractivity contribution >= 4 is 23.4 Å². The molecule has 1 atom stereocenters. The fraction of sp³-hybridized carbons (Fsp3) is 0.348. The highest BCUT2D eigenvalue weighted by Crippen LogP contribution is 2.22. The minimum atomic E-state index is -1.03. The van der Waals surface area contributed by atoms with Gasteiger partial charge < -0.3 is 16.4 Å². The summed E-state index contributed by atoms with van der Waals surface area (Å²) in [6, 6.07) is 13.3. The molecule has 0 heterocycles.